The number of carbonyl (C=O) groups is 1. The maximum atomic E-state index is 13.0. The Kier molecular flexibility index (Phi) is 3.81. The summed E-state index contributed by atoms with van der Waals surface area (Å²) in [5.74, 6) is -0.326. The van der Waals surface area contributed by atoms with E-state index in [4.69, 9.17) is 0 Å². The first-order valence-corrected chi connectivity index (χ1v) is 7.74. The zero-order chi connectivity index (χ0) is 15.0. The molecule has 21 heavy (non-hydrogen) atoms. The Morgan fingerprint density at radius 1 is 1.19 bits per heavy atom. The number of rotatable bonds is 3. The van der Waals surface area contributed by atoms with Crippen LogP contribution in [-0.2, 0) is 11.2 Å². The number of hydrogen-bond donors (Lipinski definition) is 0. The van der Waals surface area contributed by atoms with Gasteiger partial charge in [0, 0.05) is 16.7 Å². The lowest BCUT2D eigenvalue weighted by Crippen LogP contribution is -2.29. The van der Waals surface area contributed by atoms with Crippen LogP contribution in [-0.4, -0.2) is 12.5 Å². The van der Waals surface area contributed by atoms with Crippen LogP contribution in [0, 0.1) is 5.82 Å². The second-order valence-corrected chi connectivity index (χ2v) is 6.08. The maximum Gasteiger partial charge on any atom is 0.234 e. The molecule has 4 heteroatoms. The molecule has 0 radical (unpaired) electrons. The van der Waals surface area contributed by atoms with Gasteiger partial charge in [-0.1, -0.05) is 28.1 Å². The highest BCUT2D eigenvalue weighted by Gasteiger charge is 2.36. The number of benzene rings is 2. The van der Waals surface area contributed by atoms with E-state index in [0.29, 0.717) is 13.0 Å². The Bertz CT molecular complexity index is 684. The summed E-state index contributed by atoms with van der Waals surface area (Å²) in [7, 11) is 0. The Morgan fingerprint density at radius 2 is 1.90 bits per heavy atom. The van der Waals surface area contributed by atoms with E-state index in [1.807, 2.05) is 30.0 Å². The van der Waals surface area contributed by atoms with Gasteiger partial charge in [0.1, 0.15) is 5.82 Å². The van der Waals surface area contributed by atoms with Crippen molar-refractivity contribution >= 4 is 27.5 Å². The summed E-state index contributed by atoms with van der Waals surface area (Å²) in [6.45, 7) is 2.64. The van der Waals surface area contributed by atoms with E-state index in [1.165, 1.54) is 12.1 Å². The number of hydrogen-bond acceptors (Lipinski definition) is 1. The first-order chi connectivity index (χ1) is 10.1. The van der Waals surface area contributed by atoms with Crippen LogP contribution >= 0.6 is 15.9 Å². The van der Waals surface area contributed by atoms with Crippen molar-refractivity contribution in [2.45, 2.75) is 19.3 Å². The first-order valence-electron chi connectivity index (χ1n) is 6.95. The molecule has 0 fully saturated rings. The molecule has 0 unspecified atom stereocenters. The second kappa shape index (κ2) is 5.60. The molecule has 0 aliphatic carbocycles. The van der Waals surface area contributed by atoms with Gasteiger partial charge in [-0.15, -0.1) is 0 Å². The first kappa shape index (κ1) is 14.3. The average molecular weight is 348 g/mol. The summed E-state index contributed by atoms with van der Waals surface area (Å²) < 4.78 is 14.0. The van der Waals surface area contributed by atoms with Crippen LogP contribution in [0.2, 0.25) is 0 Å². The molecule has 0 aromatic heterocycles. The third-order valence-corrected chi connectivity index (χ3v) is 4.38. The molecule has 1 aliphatic heterocycles. The summed E-state index contributed by atoms with van der Waals surface area (Å²) in [6.07, 6.45) is 0.596. The highest BCUT2D eigenvalue weighted by atomic mass is 79.9. The van der Waals surface area contributed by atoms with Crippen molar-refractivity contribution in [2.24, 2.45) is 0 Å². The van der Waals surface area contributed by atoms with Gasteiger partial charge in [-0.3, -0.25) is 4.79 Å². The monoisotopic (exact) mass is 347 g/mol. The van der Waals surface area contributed by atoms with E-state index in [-0.39, 0.29) is 17.6 Å². The van der Waals surface area contributed by atoms with Gasteiger partial charge in [0.2, 0.25) is 5.91 Å². The Balaban J connectivity index is 1.97. The minimum atomic E-state index is -0.255. The fourth-order valence-corrected chi connectivity index (χ4v) is 3.25. The van der Waals surface area contributed by atoms with Crippen molar-refractivity contribution in [3.05, 3.63) is 63.9 Å². The van der Waals surface area contributed by atoms with Gasteiger partial charge in [-0.2, -0.15) is 0 Å². The van der Waals surface area contributed by atoms with E-state index in [0.717, 1.165) is 21.3 Å². The zero-order valence-corrected chi connectivity index (χ0v) is 13.2. The molecule has 2 aromatic rings. The SMILES string of the molecule is CCN1C(=O)[C@H](Cc2ccc(F)cc2)c2cc(Br)ccc21. The average Bonchev–Trinajstić information content (AvgIpc) is 2.73. The minimum Gasteiger partial charge on any atom is -0.312 e. The van der Waals surface area contributed by atoms with Gasteiger partial charge in [0.25, 0.3) is 0 Å². The number of nitrogens with zero attached hydrogens (tertiary/aromatic N) is 1. The van der Waals surface area contributed by atoms with E-state index in [1.54, 1.807) is 12.1 Å². The van der Waals surface area contributed by atoms with Crippen LogP contribution in [0.4, 0.5) is 10.1 Å². The van der Waals surface area contributed by atoms with Crippen LogP contribution in [0.15, 0.2) is 46.9 Å². The van der Waals surface area contributed by atoms with Crippen molar-refractivity contribution < 1.29 is 9.18 Å². The summed E-state index contributed by atoms with van der Waals surface area (Å²) in [6, 6.07) is 12.3. The molecular weight excluding hydrogens is 333 g/mol. The molecule has 0 saturated heterocycles. The lowest BCUT2D eigenvalue weighted by molar-refractivity contribution is -0.119. The molecule has 1 amide bonds. The number of carbonyl (C=O) groups excluding carboxylic acids is 1. The summed E-state index contributed by atoms with van der Waals surface area (Å²) in [4.78, 5) is 14.4. The number of halogens is 2. The quantitative estimate of drug-likeness (QED) is 0.811. The molecule has 0 saturated carbocycles. The third-order valence-electron chi connectivity index (χ3n) is 3.89. The largest absolute Gasteiger partial charge is 0.312 e. The normalized spacial score (nSPS) is 17.2. The molecule has 1 aliphatic rings. The van der Waals surface area contributed by atoms with Gasteiger partial charge >= 0.3 is 0 Å². The molecule has 108 valence electrons. The van der Waals surface area contributed by atoms with Crippen LogP contribution in [0.5, 0.6) is 0 Å². The van der Waals surface area contributed by atoms with Gasteiger partial charge in [-0.05, 0) is 54.8 Å². The molecule has 0 bridgehead atoms. The Hall–Kier alpha value is -1.68. The van der Waals surface area contributed by atoms with Crippen LogP contribution in [0.3, 0.4) is 0 Å². The summed E-state index contributed by atoms with van der Waals surface area (Å²) >= 11 is 3.47. The molecule has 0 spiro atoms. The smallest absolute Gasteiger partial charge is 0.234 e. The Labute approximate surface area is 131 Å². The highest BCUT2D eigenvalue weighted by molar-refractivity contribution is 9.10. The van der Waals surface area contributed by atoms with E-state index >= 15 is 0 Å². The van der Waals surface area contributed by atoms with Gasteiger partial charge in [-0.25, -0.2) is 4.39 Å². The molecular formula is C17H15BrFNO. The van der Waals surface area contributed by atoms with Crippen LogP contribution in [0.25, 0.3) is 0 Å². The standard InChI is InChI=1S/C17H15BrFNO/c1-2-20-16-8-5-12(18)10-14(16)15(17(20)21)9-11-3-6-13(19)7-4-11/h3-8,10,15H,2,9H2,1H3/t15-/m1/s1. The van der Waals surface area contributed by atoms with Crippen molar-refractivity contribution in [1.29, 1.82) is 0 Å². The van der Waals surface area contributed by atoms with Crippen molar-refractivity contribution in [3.63, 3.8) is 0 Å². The van der Waals surface area contributed by atoms with Crippen molar-refractivity contribution in [1.82, 2.24) is 0 Å². The number of likely N-dealkylation sites (N-methyl/N-ethyl adjacent to an activating group) is 1. The van der Waals surface area contributed by atoms with Gasteiger partial charge in [0.05, 0.1) is 5.92 Å². The highest BCUT2D eigenvalue weighted by Crippen LogP contribution is 2.40. The number of amides is 1. The molecule has 2 aromatic carbocycles. The number of anilines is 1. The van der Waals surface area contributed by atoms with Gasteiger partial charge in [0.15, 0.2) is 0 Å². The topological polar surface area (TPSA) is 20.3 Å². The van der Waals surface area contributed by atoms with E-state index in [2.05, 4.69) is 15.9 Å². The number of fused-ring (bicyclic) bond motifs is 1. The lowest BCUT2D eigenvalue weighted by Gasteiger charge is -2.15. The summed E-state index contributed by atoms with van der Waals surface area (Å²) in [5.41, 5.74) is 3.00. The van der Waals surface area contributed by atoms with Crippen molar-refractivity contribution in [3.8, 4) is 0 Å². The molecule has 0 N–H and O–H groups in total. The minimum absolute atomic E-state index is 0.120. The summed E-state index contributed by atoms with van der Waals surface area (Å²) in [5, 5.41) is 0. The fraction of sp³-hybridized carbons (Fsp3) is 0.235. The molecule has 3 rings (SSSR count). The predicted molar refractivity (Wildman–Crippen MR) is 85.0 cm³/mol. The van der Waals surface area contributed by atoms with Gasteiger partial charge < -0.3 is 4.90 Å². The second-order valence-electron chi connectivity index (χ2n) is 5.17. The maximum absolute atomic E-state index is 13.0. The molecule has 1 heterocycles. The molecule has 1 atom stereocenters. The van der Waals surface area contributed by atoms with Crippen LogP contribution < -0.4 is 4.90 Å². The third kappa shape index (κ3) is 2.60. The van der Waals surface area contributed by atoms with Crippen LogP contribution in [0.1, 0.15) is 24.0 Å². The van der Waals surface area contributed by atoms with Crippen molar-refractivity contribution in [2.75, 3.05) is 11.4 Å². The van der Waals surface area contributed by atoms with E-state index < -0.39 is 0 Å². The van der Waals surface area contributed by atoms with E-state index in [9.17, 15) is 9.18 Å². The zero-order valence-electron chi connectivity index (χ0n) is 11.6. The fourth-order valence-electron chi connectivity index (χ4n) is 2.87. The molecule has 2 nitrogen and oxygen atoms in total. The predicted octanol–water partition coefficient (Wildman–Crippen LogP) is 4.28. The Morgan fingerprint density at radius 3 is 2.57 bits per heavy atom. The lowest BCUT2D eigenvalue weighted by atomic mass is 9.93.